The summed E-state index contributed by atoms with van der Waals surface area (Å²) in [6, 6.07) is 3.21. The van der Waals surface area contributed by atoms with Gasteiger partial charge in [0.1, 0.15) is 5.92 Å². The lowest BCUT2D eigenvalue weighted by molar-refractivity contribution is -0.123. The Kier molecular flexibility index (Phi) is 2.79. The number of hydrogen-bond donors (Lipinski definition) is 1. The van der Waals surface area contributed by atoms with Crippen molar-refractivity contribution >= 4 is 27.9 Å². The van der Waals surface area contributed by atoms with E-state index in [9.17, 15) is 14.4 Å². The molecule has 1 fully saturated rings. The largest absolute Gasteiger partial charge is 0.366 e. The van der Waals surface area contributed by atoms with Crippen LogP contribution in [0.15, 0.2) is 12.1 Å². The van der Waals surface area contributed by atoms with Gasteiger partial charge in [0.05, 0.1) is 0 Å². The zero-order valence-corrected chi connectivity index (χ0v) is 10.3. The van der Waals surface area contributed by atoms with E-state index in [1.807, 2.05) is 0 Å². The number of benzene rings is 1. The second kappa shape index (κ2) is 4.00. The molecule has 0 bridgehead atoms. The maximum Gasteiger partial charge on any atom is 0.248 e. The minimum Gasteiger partial charge on any atom is -0.366 e. The third-order valence-corrected chi connectivity index (χ3v) is 3.95. The lowest BCUT2D eigenvalue weighted by atomic mass is 9.90. The van der Waals surface area contributed by atoms with Crippen LogP contribution in [0.4, 0.5) is 0 Å². The third kappa shape index (κ3) is 1.76. The van der Waals surface area contributed by atoms with E-state index in [-0.39, 0.29) is 10.2 Å². The second-order valence-electron chi connectivity index (χ2n) is 3.99. The molecule has 17 heavy (non-hydrogen) atoms. The molecule has 1 heterocycles. The van der Waals surface area contributed by atoms with Crippen molar-refractivity contribution in [3.05, 3.63) is 34.4 Å². The van der Waals surface area contributed by atoms with E-state index in [4.69, 9.17) is 5.73 Å². The van der Waals surface area contributed by atoms with Crippen LogP contribution in [-0.2, 0) is 9.59 Å². The molecule has 1 amide bonds. The molecule has 1 aromatic rings. The summed E-state index contributed by atoms with van der Waals surface area (Å²) in [7, 11) is 0. The predicted molar refractivity (Wildman–Crippen MR) is 64.8 cm³/mol. The van der Waals surface area contributed by atoms with E-state index in [2.05, 4.69) is 0 Å². The molecule has 4 nitrogen and oxygen atoms in total. The summed E-state index contributed by atoms with van der Waals surface area (Å²) in [4.78, 5) is 33.9. The van der Waals surface area contributed by atoms with Crippen molar-refractivity contribution in [1.29, 1.82) is 0 Å². The summed E-state index contributed by atoms with van der Waals surface area (Å²) in [6.07, 6.45) is 0. The zero-order chi connectivity index (χ0) is 12.7. The van der Waals surface area contributed by atoms with Gasteiger partial charge in [-0.25, -0.2) is 0 Å². The first-order valence-corrected chi connectivity index (χ1v) is 5.90. The summed E-state index contributed by atoms with van der Waals surface area (Å²) in [5.74, 6) is -1.17. The summed E-state index contributed by atoms with van der Waals surface area (Å²) >= 11 is 0.742. The van der Waals surface area contributed by atoms with Gasteiger partial charge in [-0.3, -0.25) is 14.4 Å². The van der Waals surface area contributed by atoms with Crippen LogP contribution in [0.3, 0.4) is 0 Å². The molecule has 1 aromatic carbocycles. The fourth-order valence-corrected chi connectivity index (χ4v) is 2.65. The Bertz CT molecular complexity index is 537. The highest BCUT2D eigenvalue weighted by atomic mass is 32.2. The van der Waals surface area contributed by atoms with Crippen molar-refractivity contribution in [3.8, 4) is 0 Å². The molecule has 0 saturated carbocycles. The van der Waals surface area contributed by atoms with Crippen molar-refractivity contribution in [2.45, 2.75) is 19.8 Å². The van der Waals surface area contributed by atoms with Gasteiger partial charge >= 0.3 is 0 Å². The Balaban J connectivity index is 2.51. The number of nitrogens with two attached hydrogens (primary N) is 1. The Morgan fingerprint density at radius 2 is 1.76 bits per heavy atom. The summed E-state index contributed by atoms with van der Waals surface area (Å²) in [5.41, 5.74) is 7.86. The average Bonchev–Trinajstić information content (AvgIpc) is 2.24. The molecule has 1 aliphatic rings. The Morgan fingerprint density at radius 3 is 2.24 bits per heavy atom. The van der Waals surface area contributed by atoms with Crippen LogP contribution in [0.25, 0.3) is 0 Å². The molecule has 1 saturated heterocycles. The van der Waals surface area contributed by atoms with Gasteiger partial charge in [0.15, 0.2) is 0 Å². The highest BCUT2D eigenvalue weighted by molar-refractivity contribution is 8.29. The van der Waals surface area contributed by atoms with Gasteiger partial charge < -0.3 is 5.73 Å². The molecular weight excluding hydrogens is 238 g/mol. The Hall–Kier alpha value is -1.62. The highest BCUT2D eigenvalue weighted by Gasteiger charge is 2.41. The standard InChI is InChI=1S/C12H11NO3S/c1-5-6(2)8(10(13)14)4-3-7(5)9-11(15)17-12(9)16/h3-4,9H,1-2H3,(H2,13,14). The molecule has 0 aliphatic carbocycles. The molecule has 0 spiro atoms. The number of amides is 1. The number of hydrogen-bond acceptors (Lipinski definition) is 4. The van der Waals surface area contributed by atoms with Gasteiger partial charge in [-0.15, -0.1) is 0 Å². The molecule has 0 unspecified atom stereocenters. The van der Waals surface area contributed by atoms with Crippen molar-refractivity contribution in [1.82, 2.24) is 0 Å². The number of rotatable bonds is 2. The summed E-state index contributed by atoms with van der Waals surface area (Å²) in [6.45, 7) is 3.56. The second-order valence-corrected chi connectivity index (χ2v) is 5.00. The molecule has 2 rings (SSSR count). The van der Waals surface area contributed by atoms with Gasteiger partial charge in [-0.2, -0.15) is 0 Å². The van der Waals surface area contributed by atoms with Crippen molar-refractivity contribution < 1.29 is 14.4 Å². The zero-order valence-electron chi connectivity index (χ0n) is 9.44. The monoisotopic (exact) mass is 249 g/mol. The normalized spacial score (nSPS) is 15.9. The lowest BCUT2D eigenvalue weighted by Crippen LogP contribution is -2.30. The number of carbonyl (C=O) groups excluding carboxylic acids is 3. The fraction of sp³-hybridized carbons (Fsp3) is 0.250. The van der Waals surface area contributed by atoms with Crippen molar-refractivity contribution in [2.75, 3.05) is 0 Å². The van der Waals surface area contributed by atoms with Crippen molar-refractivity contribution in [3.63, 3.8) is 0 Å². The van der Waals surface area contributed by atoms with E-state index in [1.54, 1.807) is 26.0 Å². The quantitative estimate of drug-likeness (QED) is 0.801. The number of primary amides is 1. The molecule has 0 radical (unpaired) electrons. The van der Waals surface area contributed by atoms with Gasteiger partial charge in [0.2, 0.25) is 16.1 Å². The van der Waals surface area contributed by atoms with Crippen molar-refractivity contribution in [2.24, 2.45) is 5.73 Å². The van der Waals surface area contributed by atoms with E-state index in [1.165, 1.54) is 0 Å². The third-order valence-electron chi connectivity index (χ3n) is 3.08. The Morgan fingerprint density at radius 1 is 1.18 bits per heavy atom. The molecule has 0 atom stereocenters. The van der Waals surface area contributed by atoms with Gasteiger partial charge in [-0.1, -0.05) is 6.07 Å². The predicted octanol–water partition coefficient (Wildman–Crippen LogP) is 1.29. The average molecular weight is 249 g/mol. The molecule has 5 heteroatoms. The minimum absolute atomic E-state index is 0.135. The van der Waals surface area contributed by atoms with E-state index in [0.29, 0.717) is 11.1 Å². The number of thioether (sulfide) groups is 1. The van der Waals surface area contributed by atoms with Crippen LogP contribution < -0.4 is 5.73 Å². The van der Waals surface area contributed by atoms with E-state index >= 15 is 0 Å². The van der Waals surface area contributed by atoms with E-state index < -0.39 is 11.8 Å². The number of carbonyl (C=O) groups is 3. The summed E-state index contributed by atoms with van der Waals surface area (Å²) in [5, 5.41) is -0.270. The van der Waals surface area contributed by atoms with Crippen LogP contribution >= 0.6 is 11.8 Å². The molecular formula is C12H11NO3S. The highest BCUT2D eigenvalue weighted by Crippen LogP contribution is 2.39. The SMILES string of the molecule is Cc1c(C(N)=O)ccc(C2C(=O)SC2=O)c1C. The van der Waals surface area contributed by atoms with E-state index in [0.717, 1.165) is 22.9 Å². The van der Waals surface area contributed by atoms with Gasteiger partial charge in [-0.05, 0) is 48.4 Å². The van der Waals surface area contributed by atoms with Crippen LogP contribution in [0.1, 0.15) is 33.0 Å². The van der Waals surface area contributed by atoms with Crippen LogP contribution in [0.2, 0.25) is 0 Å². The van der Waals surface area contributed by atoms with Crippen LogP contribution in [0, 0.1) is 13.8 Å². The first kappa shape index (κ1) is 11.9. The Labute approximate surface area is 103 Å². The first-order chi connectivity index (χ1) is 7.93. The topological polar surface area (TPSA) is 77.2 Å². The summed E-state index contributed by atoms with van der Waals surface area (Å²) < 4.78 is 0. The molecule has 88 valence electrons. The molecule has 1 aliphatic heterocycles. The van der Waals surface area contributed by atoms with Crippen LogP contribution in [0.5, 0.6) is 0 Å². The maximum atomic E-state index is 11.4. The minimum atomic E-state index is -0.666. The molecule has 2 N–H and O–H groups in total. The smallest absolute Gasteiger partial charge is 0.248 e. The first-order valence-electron chi connectivity index (χ1n) is 5.09. The maximum absolute atomic E-state index is 11.4. The fourth-order valence-electron chi connectivity index (χ4n) is 1.93. The van der Waals surface area contributed by atoms with Gasteiger partial charge in [0, 0.05) is 5.56 Å². The van der Waals surface area contributed by atoms with Gasteiger partial charge in [0.25, 0.3) is 0 Å². The molecule has 0 aromatic heterocycles. The lowest BCUT2D eigenvalue weighted by Gasteiger charge is -2.24. The van der Waals surface area contributed by atoms with Crippen LogP contribution in [-0.4, -0.2) is 16.1 Å².